The van der Waals surface area contributed by atoms with Gasteiger partial charge >= 0.3 is 0 Å². The fourth-order valence-electron chi connectivity index (χ4n) is 3.51. The van der Waals surface area contributed by atoms with Gasteiger partial charge in [0.1, 0.15) is 11.5 Å². The molecule has 0 aliphatic heterocycles. The molecule has 0 radical (unpaired) electrons. The van der Waals surface area contributed by atoms with Crippen LogP contribution in [-0.2, 0) is 16.6 Å². The maximum atomic E-state index is 13.5. The summed E-state index contributed by atoms with van der Waals surface area (Å²) in [7, 11) is 1.51. The first-order valence-electron chi connectivity index (χ1n) is 9.97. The van der Waals surface area contributed by atoms with E-state index in [-0.39, 0.29) is 16.5 Å². The molecule has 1 unspecified atom stereocenters. The van der Waals surface area contributed by atoms with E-state index < -0.39 is 10.8 Å². The van der Waals surface area contributed by atoms with Gasteiger partial charge in [0.25, 0.3) is 5.56 Å². The predicted molar refractivity (Wildman–Crippen MR) is 124 cm³/mol. The molecule has 4 aromatic rings. The number of rotatable bonds is 6. The minimum Gasteiger partial charge on any atom is -0.497 e. The van der Waals surface area contributed by atoms with Crippen molar-refractivity contribution in [3.63, 3.8) is 0 Å². The van der Waals surface area contributed by atoms with Gasteiger partial charge in [-0.05, 0) is 56.3 Å². The molecule has 1 atom stereocenters. The Morgan fingerprint density at radius 1 is 1.00 bits per heavy atom. The molecule has 0 N–H and O–H groups in total. The van der Waals surface area contributed by atoms with E-state index in [2.05, 4.69) is 9.97 Å². The van der Waals surface area contributed by atoms with Crippen molar-refractivity contribution in [1.29, 1.82) is 0 Å². The first kappa shape index (κ1) is 21.7. The molecule has 32 heavy (non-hydrogen) atoms. The van der Waals surface area contributed by atoms with Crippen LogP contribution in [0.15, 0.2) is 64.7 Å². The van der Waals surface area contributed by atoms with Crippen molar-refractivity contribution < 1.29 is 13.7 Å². The maximum Gasteiger partial charge on any atom is 0.266 e. The minimum absolute atomic E-state index is 0.100. The number of ether oxygens (including phenoxy) is 2. The molecule has 0 fully saturated rings. The zero-order chi connectivity index (χ0) is 22.8. The van der Waals surface area contributed by atoms with Crippen molar-refractivity contribution in [3.8, 4) is 17.2 Å². The van der Waals surface area contributed by atoms with Crippen LogP contribution in [0.3, 0.4) is 0 Å². The third kappa shape index (κ3) is 4.01. The summed E-state index contributed by atoms with van der Waals surface area (Å²) in [4.78, 5) is 22.5. The zero-order valence-corrected chi connectivity index (χ0v) is 19.1. The summed E-state index contributed by atoms with van der Waals surface area (Å²) in [5.41, 5.74) is 3.17. The summed E-state index contributed by atoms with van der Waals surface area (Å²) in [5.74, 6) is 1.43. The number of pyridine rings is 1. The van der Waals surface area contributed by atoms with Gasteiger partial charge in [-0.1, -0.05) is 11.6 Å². The van der Waals surface area contributed by atoms with E-state index in [9.17, 15) is 9.00 Å². The molecular weight excluding hydrogens is 426 g/mol. The van der Waals surface area contributed by atoms with Crippen molar-refractivity contribution in [2.24, 2.45) is 0 Å². The quantitative estimate of drug-likeness (QED) is 0.417. The number of aryl methyl sites for hydroxylation is 1. The van der Waals surface area contributed by atoms with Gasteiger partial charge in [0.15, 0.2) is 0 Å². The van der Waals surface area contributed by atoms with E-state index in [1.807, 2.05) is 19.9 Å². The van der Waals surface area contributed by atoms with Crippen LogP contribution in [0.5, 0.6) is 11.5 Å². The van der Waals surface area contributed by atoms with Gasteiger partial charge in [0.05, 0.1) is 53.1 Å². The lowest BCUT2D eigenvalue weighted by atomic mass is 10.1. The Morgan fingerprint density at radius 2 is 1.75 bits per heavy atom. The number of aromatic nitrogens is 3. The molecule has 0 aliphatic carbocycles. The molecule has 0 aliphatic rings. The summed E-state index contributed by atoms with van der Waals surface area (Å²) >= 11 is 0. The molecule has 0 amide bonds. The van der Waals surface area contributed by atoms with Crippen LogP contribution >= 0.6 is 0 Å². The fraction of sp³-hybridized carbons (Fsp3) is 0.208. The average molecular weight is 450 g/mol. The summed E-state index contributed by atoms with van der Waals surface area (Å²) in [5, 5.41) is 0.637. The summed E-state index contributed by atoms with van der Waals surface area (Å²) in [6.45, 7) is 3.78. The van der Waals surface area contributed by atoms with Crippen molar-refractivity contribution in [3.05, 3.63) is 81.9 Å². The second-order valence-electron chi connectivity index (χ2n) is 7.33. The molecule has 2 aromatic heterocycles. The molecule has 7 nitrogen and oxygen atoms in total. The van der Waals surface area contributed by atoms with Gasteiger partial charge in [0, 0.05) is 11.8 Å². The monoisotopic (exact) mass is 449 g/mol. The Balaban J connectivity index is 1.90. The number of methoxy groups -OCH3 is 2. The normalized spacial score (nSPS) is 12.0. The number of fused-ring (bicyclic) bond motifs is 1. The Bertz CT molecular complexity index is 1380. The maximum absolute atomic E-state index is 13.5. The van der Waals surface area contributed by atoms with Gasteiger partial charge in [0.2, 0.25) is 5.16 Å². The highest BCUT2D eigenvalue weighted by Crippen LogP contribution is 2.23. The van der Waals surface area contributed by atoms with E-state index in [0.29, 0.717) is 33.8 Å². The van der Waals surface area contributed by atoms with Gasteiger partial charge in [-0.25, -0.2) is 4.98 Å². The smallest absolute Gasteiger partial charge is 0.266 e. The fourth-order valence-corrected chi connectivity index (χ4v) is 4.77. The van der Waals surface area contributed by atoms with Crippen LogP contribution < -0.4 is 15.0 Å². The SMILES string of the molecule is COc1ccc(-n2c(S(=O)Cc3nccc(OC)c3C)nc3ccc(C)cc3c2=O)cc1. The molecule has 2 heterocycles. The Labute approximate surface area is 188 Å². The van der Waals surface area contributed by atoms with E-state index in [4.69, 9.17) is 9.47 Å². The van der Waals surface area contributed by atoms with Crippen LogP contribution in [0.1, 0.15) is 16.8 Å². The summed E-state index contributed by atoms with van der Waals surface area (Å²) in [6, 6.07) is 14.2. The molecule has 164 valence electrons. The van der Waals surface area contributed by atoms with Crippen LogP contribution in [0.25, 0.3) is 16.6 Å². The van der Waals surface area contributed by atoms with Crippen molar-refractivity contribution in [2.75, 3.05) is 14.2 Å². The lowest BCUT2D eigenvalue weighted by molar-refractivity contribution is 0.410. The summed E-state index contributed by atoms with van der Waals surface area (Å²) < 4.78 is 25.5. The highest BCUT2D eigenvalue weighted by atomic mass is 32.2. The van der Waals surface area contributed by atoms with Crippen LogP contribution in [0, 0.1) is 13.8 Å². The van der Waals surface area contributed by atoms with Crippen LogP contribution in [0.2, 0.25) is 0 Å². The molecular formula is C24H23N3O4S. The highest BCUT2D eigenvalue weighted by Gasteiger charge is 2.20. The third-order valence-corrected chi connectivity index (χ3v) is 6.49. The first-order valence-corrected chi connectivity index (χ1v) is 11.3. The number of hydrogen-bond acceptors (Lipinski definition) is 6. The van der Waals surface area contributed by atoms with Crippen molar-refractivity contribution >= 4 is 21.7 Å². The Kier molecular flexibility index (Phi) is 6.05. The van der Waals surface area contributed by atoms with Gasteiger partial charge in [-0.2, -0.15) is 0 Å². The van der Waals surface area contributed by atoms with Gasteiger partial charge in [-0.15, -0.1) is 0 Å². The molecule has 2 aromatic carbocycles. The molecule has 0 saturated carbocycles. The first-order chi connectivity index (χ1) is 15.4. The zero-order valence-electron chi connectivity index (χ0n) is 18.3. The van der Waals surface area contributed by atoms with E-state index in [1.165, 1.54) is 4.57 Å². The molecule has 0 bridgehead atoms. The second kappa shape index (κ2) is 8.92. The minimum atomic E-state index is -1.64. The topological polar surface area (TPSA) is 83.3 Å². The largest absolute Gasteiger partial charge is 0.497 e. The lowest BCUT2D eigenvalue weighted by Crippen LogP contribution is -2.25. The molecule has 8 heteroatoms. The van der Waals surface area contributed by atoms with Crippen LogP contribution in [-0.4, -0.2) is 33.0 Å². The number of hydrogen-bond donors (Lipinski definition) is 0. The van der Waals surface area contributed by atoms with E-state index in [0.717, 1.165) is 11.1 Å². The van der Waals surface area contributed by atoms with E-state index in [1.54, 1.807) is 62.9 Å². The van der Waals surface area contributed by atoms with Gasteiger partial charge < -0.3 is 9.47 Å². The standard InChI is InChI=1S/C24H23N3O4S/c1-15-5-10-20-19(13-15)23(28)27(17-6-8-18(30-3)9-7-17)24(26-20)32(29)14-21-16(2)22(31-4)11-12-25-21/h5-13H,14H2,1-4H3. The lowest BCUT2D eigenvalue weighted by Gasteiger charge is -2.15. The number of benzene rings is 2. The molecule has 0 saturated heterocycles. The summed E-state index contributed by atoms with van der Waals surface area (Å²) in [6.07, 6.45) is 1.62. The highest BCUT2D eigenvalue weighted by molar-refractivity contribution is 7.84. The predicted octanol–water partition coefficient (Wildman–Crippen LogP) is 3.72. The third-order valence-electron chi connectivity index (χ3n) is 5.27. The average Bonchev–Trinajstić information content (AvgIpc) is 2.81. The number of nitrogens with zero attached hydrogens (tertiary/aromatic N) is 3. The van der Waals surface area contributed by atoms with Crippen molar-refractivity contribution in [2.45, 2.75) is 24.8 Å². The van der Waals surface area contributed by atoms with Crippen molar-refractivity contribution in [1.82, 2.24) is 14.5 Å². The molecule has 0 spiro atoms. The second-order valence-corrected chi connectivity index (χ2v) is 8.67. The molecule has 4 rings (SSSR count). The van der Waals surface area contributed by atoms with Crippen LogP contribution in [0.4, 0.5) is 0 Å². The Hall–Kier alpha value is -3.52. The Morgan fingerprint density at radius 3 is 2.44 bits per heavy atom. The van der Waals surface area contributed by atoms with Gasteiger partial charge in [-0.3, -0.25) is 18.6 Å². The van der Waals surface area contributed by atoms with E-state index >= 15 is 0 Å².